The number of hydrazone groups is 1. The zero-order chi connectivity index (χ0) is 21.0. The highest BCUT2D eigenvalue weighted by atomic mass is 35.5. The molecule has 0 fully saturated rings. The van der Waals surface area contributed by atoms with Crippen LogP contribution in [0.25, 0.3) is 5.69 Å². The second-order valence-corrected chi connectivity index (χ2v) is 8.75. The first-order valence-corrected chi connectivity index (χ1v) is 10.6. The first-order valence-electron chi connectivity index (χ1n) is 9.37. The van der Waals surface area contributed by atoms with Crippen LogP contribution in [0.2, 0.25) is 5.02 Å². The first kappa shape index (κ1) is 21.2. The summed E-state index contributed by atoms with van der Waals surface area (Å²) in [6.07, 6.45) is 1.70. The summed E-state index contributed by atoms with van der Waals surface area (Å²) < 4.78 is 2.21. The van der Waals surface area contributed by atoms with E-state index in [1.807, 2.05) is 43.3 Å². The molecule has 0 radical (unpaired) electrons. The van der Waals surface area contributed by atoms with Gasteiger partial charge in [-0.2, -0.15) is 5.10 Å². The third-order valence-electron chi connectivity index (χ3n) is 4.70. The molecule has 1 heterocycles. The fraction of sp³-hybridized carbons (Fsp3) is 0.217. The van der Waals surface area contributed by atoms with E-state index < -0.39 is 0 Å². The van der Waals surface area contributed by atoms with E-state index in [1.54, 1.807) is 6.21 Å². The lowest BCUT2D eigenvalue weighted by Gasteiger charge is -2.12. The average Bonchev–Trinajstić information content (AvgIpc) is 2.97. The predicted octanol–water partition coefficient (Wildman–Crippen LogP) is 5.69. The summed E-state index contributed by atoms with van der Waals surface area (Å²) in [6.45, 7) is 8.08. The molecule has 0 aliphatic rings. The number of hydrogen-bond acceptors (Lipinski definition) is 3. The maximum absolute atomic E-state index is 12.4. The Kier molecular flexibility index (Phi) is 6.83. The van der Waals surface area contributed by atoms with Crippen molar-refractivity contribution in [2.75, 3.05) is 0 Å². The smallest absolute Gasteiger partial charge is 0.253 e. The molecule has 1 N–H and O–H groups in total. The molecule has 29 heavy (non-hydrogen) atoms. The number of hydrogen-bond donors (Lipinski definition) is 1. The van der Waals surface area contributed by atoms with Crippen LogP contribution >= 0.6 is 23.4 Å². The van der Waals surface area contributed by atoms with Crippen LogP contribution in [0.1, 0.15) is 29.4 Å². The lowest BCUT2D eigenvalue weighted by molar-refractivity contribution is -0.120. The lowest BCUT2D eigenvalue weighted by atomic mass is 10.2. The second-order valence-electron chi connectivity index (χ2n) is 6.90. The van der Waals surface area contributed by atoms with Crippen LogP contribution in [0.5, 0.6) is 0 Å². The van der Waals surface area contributed by atoms with Gasteiger partial charge in [0.25, 0.3) is 5.91 Å². The van der Waals surface area contributed by atoms with Gasteiger partial charge in [-0.15, -0.1) is 11.8 Å². The molecule has 1 atom stereocenters. The third-order valence-corrected chi connectivity index (χ3v) is 6.06. The van der Waals surface area contributed by atoms with E-state index >= 15 is 0 Å². The molecule has 0 saturated heterocycles. The molecule has 2 aromatic carbocycles. The van der Waals surface area contributed by atoms with E-state index in [2.05, 4.69) is 54.1 Å². The Hall–Kier alpha value is -2.50. The molecule has 0 aliphatic carbocycles. The zero-order valence-electron chi connectivity index (χ0n) is 16.9. The number of halogens is 1. The van der Waals surface area contributed by atoms with Crippen LogP contribution in [-0.2, 0) is 4.79 Å². The number of benzene rings is 2. The Morgan fingerprint density at radius 1 is 1.14 bits per heavy atom. The normalized spacial score (nSPS) is 12.3. The van der Waals surface area contributed by atoms with Crippen molar-refractivity contribution in [3.05, 3.63) is 82.1 Å². The number of thioether (sulfide) groups is 1. The van der Waals surface area contributed by atoms with E-state index in [0.29, 0.717) is 5.02 Å². The Labute approximate surface area is 181 Å². The zero-order valence-corrected chi connectivity index (χ0v) is 18.5. The van der Waals surface area contributed by atoms with Gasteiger partial charge in [0.05, 0.1) is 11.5 Å². The van der Waals surface area contributed by atoms with Gasteiger partial charge in [-0.25, -0.2) is 5.43 Å². The Balaban J connectivity index is 1.67. The number of carbonyl (C=O) groups is 1. The Bertz CT molecular complexity index is 1040. The third kappa shape index (κ3) is 5.11. The maximum atomic E-state index is 12.4. The van der Waals surface area contributed by atoms with Gasteiger partial charge < -0.3 is 4.57 Å². The van der Waals surface area contributed by atoms with Gasteiger partial charge in [-0.05, 0) is 69.7 Å². The average molecular weight is 426 g/mol. The molecule has 0 aliphatic heterocycles. The van der Waals surface area contributed by atoms with E-state index in [-0.39, 0.29) is 11.2 Å². The van der Waals surface area contributed by atoms with E-state index in [9.17, 15) is 4.79 Å². The summed E-state index contributed by atoms with van der Waals surface area (Å²) in [7, 11) is 0. The number of aryl methyl sites for hydroxylation is 2. The van der Waals surface area contributed by atoms with Gasteiger partial charge in [0.2, 0.25) is 0 Å². The van der Waals surface area contributed by atoms with Gasteiger partial charge in [0, 0.05) is 32.6 Å². The summed E-state index contributed by atoms with van der Waals surface area (Å²) >= 11 is 7.37. The minimum atomic E-state index is -0.271. The molecule has 0 spiro atoms. The summed E-state index contributed by atoms with van der Waals surface area (Å²) in [5, 5.41) is 4.59. The van der Waals surface area contributed by atoms with E-state index in [0.717, 1.165) is 27.5 Å². The highest BCUT2D eigenvalue weighted by Gasteiger charge is 2.14. The minimum absolute atomic E-state index is 0.145. The van der Waals surface area contributed by atoms with Crippen molar-refractivity contribution in [3.63, 3.8) is 0 Å². The number of para-hydroxylation sites is 1. The number of nitrogens with one attached hydrogen (secondary N) is 1. The molecule has 0 bridgehead atoms. The lowest BCUT2D eigenvalue weighted by Crippen LogP contribution is -2.26. The van der Waals surface area contributed by atoms with Crippen LogP contribution in [0.15, 0.2) is 64.6 Å². The van der Waals surface area contributed by atoms with Crippen LogP contribution in [-0.4, -0.2) is 21.9 Å². The number of aromatic nitrogens is 1. The molecule has 0 saturated carbocycles. The Morgan fingerprint density at radius 3 is 2.52 bits per heavy atom. The number of rotatable bonds is 6. The molecule has 1 aromatic heterocycles. The highest BCUT2D eigenvalue weighted by Crippen LogP contribution is 2.25. The molecular weight excluding hydrogens is 402 g/mol. The van der Waals surface area contributed by atoms with Crippen molar-refractivity contribution in [1.29, 1.82) is 0 Å². The van der Waals surface area contributed by atoms with Crippen molar-refractivity contribution in [3.8, 4) is 5.69 Å². The fourth-order valence-corrected chi connectivity index (χ4v) is 4.12. The highest BCUT2D eigenvalue weighted by molar-refractivity contribution is 8.00. The van der Waals surface area contributed by atoms with Crippen LogP contribution in [0, 0.1) is 20.8 Å². The maximum Gasteiger partial charge on any atom is 0.253 e. The van der Waals surface area contributed by atoms with Crippen LogP contribution in [0.3, 0.4) is 0 Å². The van der Waals surface area contributed by atoms with Gasteiger partial charge in [0.15, 0.2) is 0 Å². The summed E-state index contributed by atoms with van der Waals surface area (Å²) in [5.74, 6) is -0.145. The number of nitrogens with zero attached hydrogens (tertiary/aromatic N) is 2. The SMILES string of the molecule is Cc1ccccc1-n1c(C)cc(/C=N/NC(=O)C(C)Sc2ccc(Cl)cc2)c1C. The van der Waals surface area contributed by atoms with Gasteiger partial charge >= 0.3 is 0 Å². The first-order chi connectivity index (χ1) is 13.9. The van der Waals surface area contributed by atoms with Gasteiger partial charge in [-0.1, -0.05) is 29.8 Å². The molecule has 3 aromatic rings. The standard InChI is InChI=1S/C23H24ClN3OS/c1-15-7-5-6-8-22(15)27-16(2)13-19(17(27)3)14-25-26-23(28)18(4)29-21-11-9-20(24)10-12-21/h5-14,18H,1-4H3,(H,26,28)/b25-14+. The molecule has 6 heteroatoms. The monoisotopic (exact) mass is 425 g/mol. The van der Waals surface area contributed by atoms with E-state index in [1.165, 1.54) is 17.3 Å². The number of carbonyl (C=O) groups excluding carboxylic acids is 1. The quantitative estimate of drug-likeness (QED) is 0.313. The number of amides is 1. The Morgan fingerprint density at radius 2 is 1.83 bits per heavy atom. The molecule has 1 unspecified atom stereocenters. The van der Waals surface area contributed by atoms with Crippen molar-refractivity contribution in [2.24, 2.45) is 5.10 Å². The van der Waals surface area contributed by atoms with Crippen LogP contribution in [0.4, 0.5) is 0 Å². The van der Waals surface area contributed by atoms with Crippen LogP contribution < -0.4 is 5.43 Å². The predicted molar refractivity (Wildman–Crippen MR) is 122 cm³/mol. The largest absolute Gasteiger partial charge is 0.318 e. The van der Waals surface area contributed by atoms with Crippen molar-refractivity contribution < 1.29 is 4.79 Å². The molecule has 150 valence electrons. The molecular formula is C23H24ClN3OS. The summed E-state index contributed by atoms with van der Waals surface area (Å²) in [5.41, 5.74) is 8.18. The van der Waals surface area contributed by atoms with Crippen molar-refractivity contribution in [1.82, 2.24) is 9.99 Å². The topological polar surface area (TPSA) is 46.4 Å². The van der Waals surface area contributed by atoms with Gasteiger partial charge in [0.1, 0.15) is 0 Å². The van der Waals surface area contributed by atoms with Crippen molar-refractivity contribution in [2.45, 2.75) is 37.8 Å². The minimum Gasteiger partial charge on any atom is -0.318 e. The molecule has 1 amide bonds. The summed E-state index contributed by atoms with van der Waals surface area (Å²) in [4.78, 5) is 13.3. The fourth-order valence-electron chi connectivity index (χ4n) is 3.13. The molecule has 3 rings (SSSR count). The van der Waals surface area contributed by atoms with Gasteiger partial charge in [-0.3, -0.25) is 4.79 Å². The molecule has 4 nitrogen and oxygen atoms in total. The van der Waals surface area contributed by atoms with E-state index in [4.69, 9.17) is 11.6 Å². The second kappa shape index (κ2) is 9.33. The van der Waals surface area contributed by atoms with Crippen molar-refractivity contribution >= 4 is 35.5 Å². The summed E-state index contributed by atoms with van der Waals surface area (Å²) in [6, 6.07) is 17.8.